The fourth-order valence-electron chi connectivity index (χ4n) is 4.36. The second-order valence-electron chi connectivity index (χ2n) is 9.82. The molecule has 1 amide bonds. The van der Waals surface area contributed by atoms with Gasteiger partial charge in [-0.05, 0) is 57.7 Å². The van der Waals surface area contributed by atoms with Crippen molar-refractivity contribution in [1.29, 1.82) is 0 Å². The van der Waals surface area contributed by atoms with E-state index in [0.717, 1.165) is 51.3 Å². The number of amides is 1. The molecule has 35 heavy (non-hydrogen) atoms. The van der Waals surface area contributed by atoms with Gasteiger partial charge in [0, 0.05) is 25.6 Å². The van der Waals surface area contributed by atoms with E-state index in [1.165, 1.54) is 0 Å². The molecule has 2 aliphatic rings. The Labute approximate surface area is 209 Å². The summed E-state index contributed by atoms with van der Waals surface area (Å²) in [4.78, 5) is 27.2. The molecule has 2 heterocycles. The minimum atomic E-state index is -1.42. The van der Waals surface area contributed by atoms with E-state index in [1.807, 2.05) is 32.9 Å². The third kappa shape index (κ3) is 10.3. The van der Waals surface area contributed by atoms with E-state index in [1.54, 1.807) is 13.0 Å². The van der Waals surface area contributed by atoms with Gasteiger partial charge in [-0.1, -0.05) is 26.0 Å². The molecule has 0 spiro atoms. The first-order chi connectivity index (χ1) is 16.6. The molecule has 1 saturated heterocycles. The first-order valence-corrected chi connectivity index (χ1v) is 12.8. The number of aliphatic hydroxyl groups excluding tert-OH is 1. The van der Waals surface area contributed by atoms with Gasteiger partial charge in [-0.2, -0.15) is 0 Å². The molecule has 3 N–H and O–H groups in total. The molecule has 0 aromatic heterocycles. The van der Waals surface area contributed by atoms with Crippen LogP contribution in [0.25, 0.3) is 0 Å². The number of alkyl carbamates (subject to hydrolysis) is 1. The maximum Gasteiger partial charge on any atom is 0.407 e. The number of carbonyl (C=O) groups is 2. The van der Waals surface area contributed by atoms with Gasteiger partial charge in [0.15, 0.2) is 6.10 Å². The Bertz CT molecular complexity index is 731. The average Bonchev–Trinajstić information content (AvgIpc) is 2.81. The van der Waals surface area contributed by atoms with Crippen LogP contribution < -0.4 is 5.32 Å². The van der Waals surface area contributed by atoms with Crippen LogP contribution in [0.1, 0.15) is 59.8 Å². The summed E-state index contributed by atoms with van der Waals surface area (Å²) < 4.78 is 16.7. The van der Waals surface area contributed by atoms with Gasteiger partial charge in [-0.3, -0.25) is 9.69 Å². The van der Waals surface area contributed by atoms with E-state index in [9.17, 15) is 19.8 Å². The molecule has 1 fully saturated rings. The summed E-state index contributed by atoms with van der Waals surface area (Å²) in [5, 5.41) is 24.2. The highest BCUT2D eigenvalue weighted by atomic mass is 16.6. The van der Waals surface area contributed by atoms with Crippen LogP contribution >= 0.6 is 0 Å². The molecule has 0 bridgehead atoms. The summed E-state index contributed by atoms with van der Waals surface area (Å²) in [7, 11) is 0. The van der Waals surface area contributed by atoms with Crippen LogP contribution in [0, 0.1) is 5.92 Å². The summed E-state index contributed by atoms with van der Waals surface area (Å²) >= 11 is 0. The van der Waals surface area contributed by atoms with Crippen molar-refractivity contribution >= 4 is 12.1 Å². The van der Waals surface area contributed by atoms with Crippen LogP contribution in [0.15, 0.2) is 23.8 Å². The van der Waals surface area contributed by atoms with Crippen molar-refractivity contribution in [1.82, 2.24) is 10.2 Å². The molecule has 0 aromatic rings. The molecule has 0 saturated carbocycles. The van der Waals surface area contributed by atoms with Gasteiger partial charge < -0.3 is 29.7 Å². The van der Waals surface area contributed by atoms with Crippen LogP contribution in [0.2, 0.25) is 0 Å². The van der Waals surface area contributed by atoms with E-state index >= 15 is 0 Å². The van der Waals surface area contributed by atoms with Crippen LogP contribution in [-0.4, -0.2) is 90.5 Å². The minimum Gasteiger partial charge on any atom is -0.457 e. The highest BCUT2D eigenvalue weighted by Crippen LogP contribution is 2.27. The van der Waals surface area contributed by atoms with Crippen LogP contribution in [0.5, 0.6) is 0 Å². The number of aliphatic hydroxyl groups is 2. The van der Waals surface area contributed by atoms with E-state index < -0.39 is 36.0 Å². The highest BCUT2D eigenvalue weighted by molar-refractivity contribution is 5.70. The maximum atomic E-state index is 12.5. The summed E-state index contributed by atoms with van der Waals surface area (Å²) in [5.74, 6) is -0.701. The highest BCUT2D eigenvalue weighted by Gasteiger charge is 2.35. The quantitative estimate of drug-likeness (QED) is 0.280. The summed E-state index contributed by atoms with van der Waals surface area (Å²) in [6.45, 7) is 12.0. The standard InChI is InChI=1S/C26H44N2O7/c1-5-7-19(2)24-20(3)8-9-22(26(4,32)11-10-21(29)18-23(30)35-24)34-25(31)27-12-6-13-28-14-16-33-17-15-28/h7-9,20-22,24,29,32H,5-6,10-18H2,1-4H3,(H,27,31)/b9-8+,19-7+. The Morgan fingerprint density at radius 2 is 2.06 bits per heavy atom. The predicted octanol–water partition coefficient (Wildman–Crippen LogP) is 2.56. The zero-order chi connectivity index (χ0) is 25.8. The zero-order valence-corrected chi connectivity index (χ0v) is 21.7. The first-order valence-electron chi connectivity index (χ1n) is 12.8. The zero-order valence-electron chi connectivity index (χ0n) is 21.7. The molecule has 9 nitrogen and oxygen atoms in total. The largest absolute Gasteiger partial charge is 0.457 e. The Balaban J connectivity index is 2.06. The third-order valence-corrected chi connectivity index (χ3v) is 6.56. The minimum absolute atomic E-state index is 0.146. The van der Waals surface area contributed by atoms with E-state index in [0.29, 0.717) is 6.54 Å². The average molecular weight is 497 g/mol. The lowest BCUT2D eigenvalue weighted by Gasteiger charge is -2.32. The lowest BCUT2D eigenvalue weighted by atomic mass is 9.88. The molecule has 0 aromatic carbocycles. The monoisotopic (exact) mass is 496 g/mol. The van der Waals surface area contributed by atoms with E-state index in [2.05, 4.69) is 10.2 Å². The lowest BCUT2D eigenvalue weighted by Crippen LogP contribution is -2.44. The Kier molecular flexibility index (Phi) is 12.2. The summed E-state index contributed by atoms with van der Waals surface area (Å²) in [6.07, 6.45) is 4.21. The molecule has 0 aliphatic carbocycles. The predicted molar refractivity (Wildman–Crippen MR) is 133 cm³/mol. The van der Waals surface area contributed by atoms with Crippen molar-refractivity contribution in [3.05, 3.63) is 23.8 Å². The van der Waals surface area contributed by atoms with Gasteiger partial charge in [0.2, 0.25) is 0 Å². The second kappa shape index (κ2) is 14.6. The number of esters is 1. The number of nitrogens with one attached hydrogen (secondary N) is 1. The van der Waals surface area contributed by atoms with Gasteiger partial charge >= 0.3 is 12.1 Å². The Morgan fingerprint density at radius 1 is 1.34 bits per heavy atom. The van der Waals surface area contributed by atoms with Crippen LogP contribution in [0.4, 0.5) is 4.79 Å². The first kappa shape index (κ1) is 29.3. The van der Waals surface area contributed by atoms with Gasteiger partial charge in [0.1, 0.15) is 11.7 Å². The number of carbonyl (C=O) groups excluding carboxylic acids is 2. The van der Waals surface area contributed by atoms with Crippen LogP contribution in [-0.2, 0) is 19.0 Å². The van der Waals surface area contributed by atoms with Gasteiger partial charge in [-0.15, -0.1) is 0 Å². The van der Waals surface area contributed by atoms with Gasteiger partial charge in [0.25, 0.3) is 0 Å². The van der Waals surface area contributed by atoms with Crippen molar-refractivity contribution in [2.75, 3.05) is 39.4 Å². The normalized spacial score (nSPS) is 32.6. The number of allylic oxidation sites excluding steroid dienone is 1. The fraction of sp³-hybridized carbons (Fsp3) is 0.769. The number of morpholine rings is 1. The molecular formula is C26H44N2O7. The van der Waals surface area contributed by atoms with Crippen molar-refractivity contribution in [3.8, 4) is 0 Å². The number of ether oxygens (including phenoxy) is 3. The van der Waals surface area contributed by atoms with E-state index in [-0.39, 0.29) is 25.2 Å². The molecule has 200 valence electrons. The van der Waals surface area contributed by atoms with Crippen molar-refractivity contribution in [2.45, 2.75) is 83.7 Å². The Hall–Kier alpha value is -1.94. The fourth-order valence-corrected chi connectivity index (χ4v) is 4.36. The second-order valence-corrected chi connectivity index (χ2v) is 9.82. The summed E-state index contributed by atoms with van der Waals surface area (Å²) in [6, 6.07) is 0. The van der Waals surface area contributed by atoms with Crippen LogP contribution in [0.3, 0.4) is 0 Å². The lowest BCUT2D eigenvalue weighted by molar-refractivity contribution is -0.151. The number of rotatable bonds is 7. The number of cyclic esters (lactones) is 1. The van der Waals surface area contributed by atoms with Crippen molar-refractivity contribution in [3.63, 3.8) is 0 Å². The summed E-state index contributed by atoms with van der Waals surface area (Å²) in [5.41, 5.74) is -0.512. The molecular weight excluding hydrogens is 452 g/mol. The third-order valence-electron chi connectivity index (χ3n) is 6.56. The number of nitrogens with zero attached hydrogens (tertiary/aromatic N) is 1. The molecule has 5 unspecified atom stereocenters. The molecule has 0 radical (unpaired) electrons. The van der Waals surface area contributed by atoms with Gasteiger partial charge in [0.05, 0.1) is 25.7 Å². The molecule has 2 rings (SSSR count). The SMILES string of the molecule is CC/C=C(\C)C1OC(=O)CC(O)CCC(C)(O)C(OC(=O)NCCCN2CCOCC2)/C=C/C1C. The molecule has 2 aliphatic heterocycles. The number of hydrogen-bond donors (Lipinski definition) is 3. The maximum absolute atomic E-state index is 12.5. The molecule has 9 heteroatoms. The topological polar surface area (TPSA) is 118 Å². The van der Waals surface area contributed by atoms with Crippen molar-refractivity contribution < 1.29 is 34.0 Å². The number of hydrogen-bond acceptors (Lipinski definition) is 8. The van der Waals surface area contributed by atoms with Gasteiger partial charge in [-0.25, -0.2) is 4.79 Å². The molecule has 5 atom stereocenters. The Morgan fingerprint density at radius 3 is 2.74 bits per heavy atom. The van der Waals surface area contributed by atoms with E-state index in [4.69, 9.17) is 14.2 Å². The smallest absolute Gasteiger partial charge is 0.407 e. The van der Waals surface area contributed by atoms with Crippen molar-refractivity contribution in [2.24, 2.45) is 5.92 Å².